The first-order valence-corrected chi connectivity index (χ1v) is 10.9. The van der Waals surface area contributed by atoms with Crippen molar-refractivity contribution in [3.63, 3.8) is 0 Å². The molecule has 0 radical (unpaired) electrons. The Morgan fingerprint density at radius 1 is 1.26 bits per heavy atom. The molecule has 31 heavy (non-hydrogen) atoms. The van der Waals surface area contributed by atoms with Gasteiger partial charge in [-0.25, -0.2) is 4.98 Å². The number of ether oxygens (including phenoxy) is 2. The number of methoxy groups -OCH3 is 1. The molecule has 0 spiro atoms. The van der Waals surface area contributed by atoms with Crippen molar-refractivity contribution in [2.24, 2.45) is 0 Å². The van der Waals surface area contributed by atoms with E-state index in [2.05, 4.69) is 15.4 Å². The molecular weight excluding hydrogens is 418 g/mol. The molecule has 166 valence electrons. The lowest BCUT2D eigenvalue weighted by Gasteiger charge is -2.15. The number of aromatic nitrogens is 3. The minimum Gasteiger partial charge on any atom is -0.493 e. The molecule has 2 aromatic heterocycles. The van der Waals surface area contributed by atoms with Crippen LogP contribution in [0.15, 0.2) is 29.1 Å². The Bertz CT molecular complexity index is 1110. The third kappa shape index (κ3) is 5.52. The number of likely N-dealkylation sites (N-methyl/N-ethyl adjacent to an activating group) is 1. The van der Waals surface area contributed by atoms with Crippen molar-refractivity contribution < 1.29 is 14.3 Å². The summed E-state index contributed by atoms with van der Waals surface area (Å²) in [5.74, 6) is 1.13. The van der Waals surface area contributed by atoms with Gasteiger partial charge in [0.25, 0.3) is 5.56 Å². The second kappa shape index (κ2) is 10.3. The third-order valence-corrected chi connectivity index (χ3v) is 5.54. The fourth-order valence-corrected chi connectivity index (χ4v) is 3.91. The topological polar surface area (TPSA) is 98.1 Å². The Kier molecular flexibility index (Phi) is 7.45. The van der Waals surface area contributed by atoms with Gasteiger partial charge in [-0.2, -0.15) is 4.52 Å². The summed E-state index contributed by atoms with van der Waals surface area (Å²) in [4.78, 5) is 31.4. The van der Waals surface area contributed by atoms with E-state index < -0.39 is 0 Å². The molecule has 3 rings (SSSR count). The van der Waals surface area contributed by atoms with Crippen molar-refractivity contribution in [3.8, 4) is 11.5 Å². The average molecular weight is 446 g/mol. The van der Waals surface area contributed by atoms with E-state index in [1.54, 1.807) is 19.1 Å². The number of hydrogen-bond acceptors (Lipinski definition) is 8. The molecule has 0 aliphatic heterocycles. The van der Waals surface area contributed by atoms with E-state index in [0.29, 0.717) is 34.7 Å². The predicted molar refractivity (Wildman–Crippen MR) is 120 cm³/mol. The molecule has 0 bridgehead atoms. The van der Waals surface area contributed by atoms with Crippen LogP contribution in [0.1, 0.15) is 31.5 Å². The van der Waals surface area contributed by atoms with Gasteiger partial charge in [-0.15, -0.1) is 5.10 Å². The molecule has 9 nitrogen and oxygen atoms in total. The van der Waals surface area contributed by atoms with Crippen LogP contribution in [0.4, 0.5) is 5.13 Å². The molecule has 0 atom stereocenters. The van der Waals surface area contributed by atoms with Crippen LogP contribution in [0.3, 0.4) is 0 Å². The summed E-state index contributed by atoms with van der Waals surface area (Å²) < 4.78 is 12.1. The van der Waals surface area contributed by atoms with Gasteiger partial charge < -0.3 is 19.7 Å². The SMILES string of the molecule is CCCc1cc(=O)n2nc(N(C)CC(=O)NCc3ccc(OC)c(OCC)c3)sc2n1. The first kappa shape index (κ1) is 22.5. The molecule has 1 aromatic carbocycles. The lowest BCUT2D eigenvalue weighted by atomic mass is 10.2. The predicted octanol–water partition coefficient (Wildman–Crippen LogP) is 2.26. The van der Waals surface area contributed by atoms with Crippen molar-refractivity contribution in [2.45, 2.75) is 33.2 Å². The van der Waals surface area contributed by atoms with E-state index in [1.807, 2.05) is 32.0 Å². The van der Waals surface area contributed by atoms with E-state index >= 15 is 0 Å². The maximum absolute atomic E-state index is 12.4. The zero-order valence-corrected chi connectivity index (χ0v) is 19.0. The standard InChI is InChI=1S/C21H27N5O4S/c1-5-7-15-11-19(28)26-20(23-15)31-21(24-26)25(3)13-18(27)22-12-14-8-9-16(29-4)17(10-14)30-6-2/h8-11H,5-7,12-13H2,1-4H3,(H,22,27). The normalized spacial score (nSPS) is 10.8. The lowest BCUT2D eigenvalue weighted by molar-refractivity contribution is -0.119. The summed E-state index contributed by atoms with van der Waals surface area (Å²) in [6.45, 7) is 4.93. The monoisotopic (exact) mass is 445 g/mol. The van der Waals surface area contributed by atoms with Crippen LogP contribution in [-0.2, 0) is 17.8 Å². The number of hydrogen-bond donors (Lipinski definition) is 1. The number of benzene rings is 1. The summed E-state index contributed by atoms with van der Waals surface area (Å²) in [7, 11) is 3.35. The fraction of sp³-hybridized carbons (Fsp3) is 0.429. The first-order chi connectivity index (χ1) is 14.9. The molecule has 1 N–H and O–H groups in total. The van der Waals surface area contributed by atoms with Gasteiger partial charge in [0.05, 0.1) is 20.3 Å². The Balaban J connectivity index is 1.63. The minimum atomic E-state index is -0.210. The van der Waals surface area contributed by atoms with Gasteiger partial charge in [0, 0.05) is 25.4 Å². The molecule has 1 amide bonds. The van der Waals surface area contributed by atoms with Crippen LogP contribution >= 0.6 is 11.3 Å². The summed E-state index contributed by atoms with van der Waals surface area (Å²) in [6.07, 6.45) is 1.65. The molecule has 0 unspecified atom stereocenters. The molecular formula is C21H27N5O4S. The molecule has 0 saturated carbocycles. The maximum atomic E-state index is 12.4. The number of aryl methyl sites for hydroxylation is 1. The molecule has 10 heteroatoms. The number of rotatable bonds is 10. The van der Waals surface area contributed by atoms with Crippen LogP contribution in [0.5, 0.6) is 11.5 Å². The highest BCUT2D eigenvalue weighted by Gasteiger charge is 2.15. The highest BCUT2D eigenvalue weighted by Crippen LogP contribution is 2.28. The van der Waals surface area contributed by atoms with Gasteiger partial charge in [-0.1, -0.05) is 30.7 Å². The summed E-state index contributed by atoms with van der Waals surface area (Å²) in [6, 6.07) is 7.06. The van der Waals surface area contributed by atoms with Gasteiger partial charge in [0.2, 0.25) is 16.0 Å². The first-order valence-electron chi connectivity index (χ1n) is 10.1. The van der Waals surface area contributed by atoms with Crippen LogP contribution < -0.4 is 25.2 Å². The van der Waals surface area contributed by atoms with Crippen molar-refractivity contribution >= 4 is 27.3 Å². The third-order valence-electron chi connectivity index (χ3n) is 4.52. The molecule has 0 aliphatic carbocycles. The van der Waals surface area contributed by atoms with Crippen LogP contribution in [-0.4, -0.2) is 47.8 Å². The zero-order chi connectivity index (χ0) is 22.4. The van der Waals surface area contributed by atoms with Crippen LogP contribution in [0.25, 0.3) is 4.96 Å². The van der Waals surface area contributed by atoms with E-state index in [9.17, 15) is 9.59 Å². The maximum Gasteiger partial charge on any atom is 0.275 e. The molecule has 0 aliphatic rings. The number of anilines is 1. The van der Waals surface area contributed by atoms with Crippen molar-refractivity contribution in [1.82, 2.24) is 19.9 Å². The molecule has 0 saturated heterocycles. The van der Waals surface area contributed by atoms with Crippen LogP contribution in [0.2, 0.25) is 0 Å². The van der Waals surface area contributed by atoms with Crippen molar-refractivity contribution in [3.05, 3.63) is 45.9 Å². The summed E-state index contributed by atoms with van der Waals surface area (Å²) >= 11 is 1.28. The van der Waals surface area contributed by atoms with Crippen molar-refractivity contribution in [2.75, 3.05) is 32.2 Å². The van der Waals surface area contributed by atoms with Crippen molar-refractivity contribution in [1.29, 1.82) is 0 Å². The number of carbonyl (C=O) groups is 1. The second-order valence-electron chi connectivity index (χ2n) is 6.97. The largest absolute Gasteiger partial charge is 0.493 e. The van der Waals surface area contributed by atoms with E-state index in [-0.39, 0.29) is 18.0 Å². The highest BCUT2D eigenvalue weighted by atomic mass is 32.1. The fourth-order valence-electron chi connectivity index (χ4n) is 3.02. The molecule has 2 heterocycles. The van der Waals surface area contributed by atoms with Gasteiger partial charge in [0.1, 0.15) is 0 Å². The summed E-state index contributed by atoms with van der Waals surface area (Å²) in [5, 5.41) is 7.76. The average Bonchev–Trinajstić information content (AvgIpc) is 3.18. The van der Waals surface area contributed by atoms with Gasteiger partial charge >= 0.3 is 0 Å². The Morgan fingerprint density at radius 3 is 2.77 bits per heavy atom. The quantitative estimate of drug-likeness (QED) is 0.511. The van der Waals surface area contributed by atoms with Gasteiger partial charge in [-0.3, -0.25) is 9.59 Å². The highest BCUT2D eigenvalue weighted by molar-refractivity contribution is 7.20. The Labute approximate surface area is 184 Å². The molecule has 3 aromatic rings. The number of amides is 1. The zero-order valence-electron chi connectivity index (χ0n) is 18.2. The Hall–Kier alpha value is -3.14. The molecule has 0 fully saturated rings. The number of nitrogens with one attached hydrogen (secondary N) is 1. The van der Waals surface area contributed by atoms with Crippen LogP contribution in [0, 0.1) is 0 Å². The van der Waals surface area contributed by atoms with E-state index in [4.69, 9.17) is 9.47 Å². The summed E-state index contributed by atoms with van der Waals surface area (Å²) in [5.41, 5.74) is 1.45. The second-order valence-corrected chi connectivity index (χ2v) is 7.90. The van der Waals surface area contributed by atoms with Gasteiger partial charge in [0.15, 0.2) is 11.5 Å². The number of fused-ring (bicyclic) bond motifs is 1. The Morgan fingerprint density at radius 2 is 2.06 bits per heavy atom. The minimum absolute atomic E-state index is 0.102. The number of carbonyl (C=O) groups excluding carboxylic acids is 1. The van der Waals surface area contributed by atoms with E-state index in [0.717, 1.165) is 24.1 Å². The van der Waals surface area contributed by atoms with Gasteiger partial charge in [-0.05, 0) is 31.0 Å². The van der Waals surface area contributed by atoms with E-state index in [1.165, 1.54) is 21.9 Å². The number of nitrogens with zero attached hydrogens (tertiary/aromatic N) is 4. The lowest BCUT2D eigenvalue weighted by Crippen LogP contribution is -2.34. The smallest absolute Gasteiger partial charge is 0.275 e.